The summed E-state index contributed by atoms with van der Waals surface area (Å²) < 4.78 is 4.89. The molecule has 72 valence electrons. The standard InChI is InChI=1S/C10H14O3/c1-2-13-10(12)8-6-3-4-7(5-6)9(8)11/h6-8H,2-5H2,1H3. The number of rotatable bonds is 2. The summed E-state index contributed by atoms with van der Waals surface area (Å²) in [6.45, 7) is 2.15. The van der Waals surface area contributed by atoms with E-state index in [4.69, 9.17) is 4.74 Å². The zero-order chi connectivity index (χ0) is 9.42. The van der Waals surface area contributed by atoms with Crippen molar-refractivity contribution in [3.63, 3.8) is 0 Å². The van der Waals surface area contributed by atoms with Crippen LogP contribution >= 0.6 is 0 Å². The summed E-state index contributed by atoms with van der Waals surface area (Å²) in [5.41, 5.74) is 0. The SMILES string of the molecule is CCOC(=O)C1C(=O)C2CCC1C2. The lowest BCUT2D eigenvalue weighted by Crippen LogP contribution is -2.31. The first kappa shape index (κ1) is 8.73. The van der Waals surface area contributed by atoms with Gasteiger partial charge in [0.2, 0.25) is 0 Å². The van der Waals surface area contributed by atoms with Crippen LogP contribution in [0.3, 0.4) is 0 Å². The minimum atomic E-state index is -0.418. The van der Waals surface area contributed by atoms with Gasteiger partial charge < -0.3 is 4.74 Å². The van der Waals surface area contributed by atoms with Crippen LogP contribution in [-0.4, -0.2) is 18.4 Å². The second-order valence-corrected chi connectivity index (χ2v) is 3.90. The molecule has 0 aliphatic heterocycles. The summed E-state index contributed by atoms with van der Waals surface area (Å²) in [6.07, 6.45) is 2.93. The van der Waals surface area contributed by atoms with Crippen molar-refractivity contribution in [2.24, 2.45) is 17.8 Å². The number of ketones is 1. The van der Waals surface area contributed by atoms with Gasteiger partial charge in [0.1, 0.15) is 11.7 Å². The highest BCUT2D eigenvalue weighted by atomic mass is 16.5. The van der Waals surface area contributed by atoms with Gasteiger partial charge in [0.25, 0.3) is 0 Å². The minimum absolute atomic E-state index is 0.134. The van der Waals surface area contributed by atoms with Crippen LogP contribution in [0.4, 0.5) is 0 Å². The van der Waals surface area contributed by atoms with Crippen LogP contribution in [0.25, 0.3) is 0 Å². The van der Waals surface area contributed by atoms with Crippen molar-refractivity contribution in [1.82, 2.24) is 0 Å². The molecular formula is C10H14O3. The summed E-state index contributed by atoms with van der Waals surface area (Å²) >= 11 is 0. The Morgan fingerprint density at radius 3 is 2.85 bits per heavy atom. The first-order chi connectivity index (χ1) is 6.24. The maximum absolute atomic E-state index is 11.6. The number of hydrogen-bond acceptors (Lipinski definition) is 3. The van der Waals surface area contributed by atoms with Crippen molar-refractivity contribution in [3.8, 4) is 0 Å². The summed E-state index contributed by atoms with van der Waals surface area (Å²) in [7, 11) is 0. The maximum Gasteiger partial charge on any atom is 0.316 e. The number of carbonyl (C=O) groups excluding carboxylic acids is 2. The van der Waals surface area contributed by atoms with E-state index in [0.717, 1.165) is 19.3 Å². The van der Waals surface area contributed by atoms with Gasteiger partial charge in [-0.25, -0.2) is 0 Å². The molecule has 2 aliphatic carbocycles. The first-order valence-corrected chi connectivity index (χ1v) is 4.94. The molecule has 2 saturated carbocycles. The number of Topliss-reactive ketones (excluding diaryl/α,β-unsaturated/α-hetero) is 1. The molecule has 0 N–H and O–H groups in total. The van der Waals surface area contributed by atoms with Crippen molar-refractivity contribution in [2.45, 2.75) is 26.2 Å². The summed E-state index contributed by atoms with van der Waals surface area (Å²) in [6, 6.07) is 0. The van der Waals surface area contributed by atoms with E-state index in [1.54, 1.807) is 6.92 Å². The number of carbonyl (C=O) groups is 2. The topological polar surface area (TPSA) is 43.4 Å². The zero-order valence-corrected chi connectivity index (χ0v) is 7.79. The van der Waals surface area contributed by atoms with Gasteiger partial charge in [0.05, 0.1) is 6.61 Å². The molecule has 0 saturated heterocycles. The van der Waals surface area contributed by atoms with E-state index in [9.17, 15) is 9.59 Å². The maximum atomic E-state index is 11.6. The Morgan fingerprint density at radius 2 is 2.31 bits per heavy atom. The molecule has 2 bridgehead atoms. The molecule has 3 heteroatoms. The zero-order valence-electron chi connectivity index (χ0n) is 7.79. The smallest absolute Gasteiger partial charge is 0.316 e. The molecule has 3 unspecified atom stereocenters. The van der Waals surface area contributed by atoms with Crippen molar-refractivity contribution in [2.75, 3.05) is 6.61 Å². The average molecular weight is 182 g/mol. The molecule has 0 radical (unpaired) electrons. The van der Waals surface area contributed by atoms with Crippen LogP contribution in [0.2, 0.25) is 0 Å². The van der Waals surface area contributed by atoms with E-state index in [1.165, 1.54) is 0 Å². The molecule has 3 nitrogen and oxygen atoms in total. The Hall–Kier alpha value is -0.860. The Kier molecular flexibility index (Phi) is 2.10. The largest absolute Gasteiger partial charge is 0.465 e. The van der Waals surface area contributed by atoms with Crippen molar-refractivity contribution >= 4 is 11.8 Å². The lowest BCUT2D eigenvalue weighted by Gasteiger charge is -2.18. The normalized spacial score (nSPS) is 36.7. The Morgan fingerprint density at radius 1 is 1.54 bits per heavy atom. The minimum Gasteiger partial charge on any atom is -0.465 e. The van der Waals surface area contributed by atoms with E-state index in [-0.39, 0.29) is 23.6 Å². The Balaban J connectivity index is 2.08. The van der Waals surface area contributed by atoms with Crippen LogP contribution in [0.15, 0.2) is 0 Å². The van der Waals surface area contributed by atoms with Gasteiger partial charge in [-0.15, -0.1) is 0 Å². The van der Waals surface area contributed by atoms with E-state index in [1.807, 2.05) is 0 Å². The fraction of sp³-hybridized carbons (Fsp3) is 0.800. The van der Waals surface area contributed by atoms with Crippen LogP contribution < -0.4 is 0 Å². The van der Waals surface area contributed by atoms with Gasteiger partial charge in [-0.05, 0) is 32.1 Å². The van der Waals surface area contributed by atoms with Gasteiger partial charge in [-0.3, -0.25) is 9.59 Å². The monoisotopic (exact) mass is 182 g/mol. The van der Waals surface area contributed by atoms with Crippen molar-refractivity contribution in [3.05, 3.63) is 0 Å². The predicted octanol–water partition coefficient (Wildman–Crippen LogP) is 1.16. The van der Waals surface area contributed by atoms with Crippen LogP contribution in [0.1, 0.15) is 26.2 Å². The van der Waals surface area contributed by atoms with Crippen molar-refractivity contribution in [1.29, 1.82) is 0 Å². The summed E-state index contributed by atoms with van der Waals surface area (Å²) in [5.74, 6) is -0.121. The Bertz CT molecular complexity index is 247. The van der Waals surface area contributed by atoms with Gasteiger partial charge in [0, 0.05) is 5.92 Å². The lowest BCUT2D eigenvalue weighted by atomic mass is 9.88. The first-order valence-electron chi connectivity index (χ1n) is 4.94. The third-order valence-corrected chi connectivity index (χ3v) is 3.19. The second kappa shape index (κ2) is 3.13. The Labute approximate surface area is 77.4 Å². The average Bonchev–Trinajstić information content (AvgIpc) is 2.63. The molecule has 2 fully saturated rings. The molecule has 2 aliphatic rings. The molecule has 0 amide bonds. The molecule has 3 atom stereocenters. The quantitative estimate of drug-likeness (QED) is 0.475. The molecule has 0 aromatic rings. The van der Waals surface area contributed by atoms with E-state index < -0.39 is 5.92 Å². The van der Waals surface area contributed by atoms with Gasteiger partial charge in [-0.1, -0.05) is 0 Å². The number of esters is 1. The van der Waals surface area contributed by atoms with Crippen LogP contribution in [0.5, 0.6) is 0 Å². The summed E-state index contributed by atoms with van der Waals surface area (Å²) in [5, 5.41) is 0. The van der Waals surface area contributed by atoms with Gasteiger partial charge >= 0.3 is 5.97 Å². The second-order valence-electron chi connectivity index (χ2n) is 3.90. The molecule has 0 aromatic carbocycles. The van der Waals surface area contributed by atoms with E-state index >= 15 is 0 Å². The van der Waals surface area contributed by atoms with Crippen molar-refractivity contribution < 1.29 is 14.3 Å². The number of fused-ring (bicyclic) bond motifs is 2. The predicted molar refractivity (Wildman–Crippen MR) is 46.0 cm³/mol. The molecule has 13 heavy (non-hydrogen) atoms. The van der Waals surface area contributed by atoms with Gasteiger partial charge in [-0.2, -0.15) is 0 Å². The summed E-state index contributed by atoms with van der Waals surface area (Å²) in [4.78, 5) is 23.0. The number of ether oxygens (including phenoxy) is 1. The lowest BCUT2D eigenvalue weighted by molar-refractivity contribution is -0.153. The molecular weight excluding hydrogens is 168 g/mol. The molecule has 0 spiro atoms. The van der Waals surface area contributed by atoms with Gasteiger partial charge in [0.15, 0.2) is 0 Å². The third kappa shape index (κ3) is 1.26. The molecule has 0 aromatic heterocycles. The molecule has 0 heterocycles. The van der Waals surface area contributed by atoms with E-state index in [2.05, 4.69) is 0 Å². The molecule has 2 rings (SSSR count). The fourth-order valence-corrected chi connectivity index (χ4v) is 2.60. The fourth-order valence-electron chi connectivity index (χ4n) is 2.60. The highest BCUT2D eigenvalue weighted by molar-refractivity contribution is 6.02. The number of hydrogen-bond donors (Lipinski definition) is 0. The van der Waals surface area contributed by atoms with E-state index in [0.29, 0.717) is 6.61 Å². The highest BCUT2D eigenvalue weighted by Crippen LogP contribution is 2.46. The highest BCUT2D eigenvalue weighted by Gasteiger charge is 2.50. The van der Waals surface area contributed by atoms with Crippen LogP contribution in [0, 0.1) is 17.8 Å². The van der Waals surface area contributed by atoms with Crippen LogP contribution in [-0.2, 0) is 14.3 Å². The third-order valence-electron chi connectivity index (χ3n) is 3.19.